The lowest BCUT2D eigenvalue weighted by atomic mass is 10.1. The van der Waals surface area contributed by atoms with Crippen molar-refractivity contribution in [3.8, 4) is 0 Å². The van der Waals surface area contributed by atoms with Crippen molar-refractivity contribution in [1.82, 2.24) is 9.88 Å². The van der Waals surface area contributed by atoms with E-state index in [4.69, 9.17) is 5.73 Å². The molecule has 5 heteroatoms. The van der Waals surface area contributed by atoms with Crippen molar-refractivity contribution in [2.75, 3.05) is 31.1 Å². The lowest BCUT2D eigenvalue weighted by molar-refractivity contribution is -0.129. The van der Waals surface area contributed by atoms with E-state index >= 15 is 0 Å². The molecule has 1 saturated heterocycles. The van der Waals surface area contributed by atoms with Crippen molar-refractivity contribution in [3.05, 3.63) is 24.0 Å². The zero-order valence-electron chi connectivity index (χ0n) is 11.7. The van der Waals surface area contributed by atoms with Crippen LogP contribution in [0.4, 0.5) is 5.69 Å². The zero-order valence-corrected chi connectivity index (χ0v) is 11.7. The summed E-state index contributed by atoms with van der Waals surface area (Å²) in [5, 5.41) is 0. The molecular formula is C14H22N4O. The van der Waals surface area contributed by atoms with Gasteiger partial charge in [-0.1, -0.05) is 6.92 Å². The van der Waals surface area contributed by atoms with Gasteiger partial charge in [-0.3, -0.25) is 9.78 Å². The second-order valence-electron chi connectivity index (χ2n) is 4.95. The van der Waals surface area contributed by atoms with E-state index in [0.717, 1.165) is 44.0 Å². The number of rotatable bonds is 3. The van der Waals surface area contributed by atoms with E-state index in [-0.39, 0.29) is 11.9 Å². The van der Waals surface area contributed by atoms with Crippen LogP contribution in [-0.2, 0) is 4.79 Å². The van der Waals surface area contributed by atoms with Crippen LogP contribution in [-0.4, -0.2) is 42.0 Å². The average molecular weight is 262 g/mol. The Morgan fingerprint density at radius 1 is 1.37 bits per heavy atom. The molecule has 5 nitrogen and oxygen atoms in total. The molecule has 1 aromatic heterocycles. The van der Waals surface area contributed by atoms with E-state index < -0.39 is 0 Å². The molecule has 1 fully saturated rings. The highest BCUT2D eigenvalue weighted by molar-refractivity contribution is 5.73. The van der Waals surface area contributed by atoms with Crippen LogP contribution in [0, 0.1) is 0 Å². The Labute approximate surface area is 114 Å². The van der Waals surface area contributed by atoms with E-state index in [9.17, 15) is 4.79 Å². The summed E-state index contributed by atoms with van der Waals surface area (Å²) in [5.74, 6) is 0.155. The molecule has 1 aliphatic heterocycles. The average Bonchev–Trinajstić information content (AvgIpc) is 2.46. The van der Waals surface area contributed by atoms with Crippen LogP contribution in [0.5, 0.6) is 0 Å². The van der Waals surface area contributed by atoms with E-state index in [2.05, 4.69) is 22.9 Å². The first-order valence-electron chi connectivity index (χ1n) is 6.83. The highest BCUT2D eigenvalue weighted by Crippen LogP contribution is 2.18. The number of nitrogens with two attached hydrogens (primary N) is 1. The summed E-state index contributed by atoms with van der Waals surface area (Å²) in [5.41, 5.74) is 8.00. The van der Waals surface area contributed by atoms with Gasteiger partial charge in [0.2, 0.25) is 5.91 Å². The Balaban J connectivity index is 1.98. The SMILES string of the molecule is CC[C@H](N)c1ccc(N2CCN(C(C)=O)CC2)cn1. The van der Waals surface area contributed by atoms with Crippen LogP contribution in [0.1, 0.15) is 32.0 Å². The van der Waals surface area contributed by atoms with E-state index in [1.54, 1.807) is 6.92 Å². The molecule has 1 amide bonds. The van der Waals surface area contributed by atoms with Gasteiger partial charge in [0.1, 0.15) is 0 Å². The van der Waals surface area contributed by atoms with Crippen molar-refractivity contribution in [2.45, 2.75) is 26.3 Å². The molecular weight excluding hydrogens is 240 g/mol. The summed E-state index contributed by atoms with van der Waals surface area (Å²) in [7, 11) is 0. The molecule has 1 aromatic rings. The van der Waals surface area contributed by atoms with Crippen LogP contribution in [0.2, 0.25) is 0 Å². The molecule has 104 valence electrons. The van der Waals surface area contributed by atoms with Gasteiger partial charge in [0.25, 0.3) is 0 Å². The predicted molar refractivity (Wildman–Crippen MR) is 75.9 cm³/mol. The normalized spacial score (nSPS) is 17.4. The highest BCUT2D eigenvalue weighted by atomic mass is 16.2. The van der Waals surface area contributed by atoms with Gasteiger partial charge in [0.15, 0.2) is 0 Å². The van der Waals surface area contributed by atoms with Gasteiger partial charge in [-0.15, -0.1) is 0 Å². The lowest BCUT2D eigenvalue weighted by Gasteiger charge is -2.35. The minimum atomic E-state index is 0.0172. The molecule has 0 aromatic carbocycles. The fourth-order valence-corrected chi connectivity index (χ4v) is 2.29. The number of carbonyl (C=O) groups is 1. The summed E-state index contributed by atoms with van der Waals surface area (Å²) in [6, 6.07) is 4.09. The van der Waals surface area contributed by atoms with Gasteiger partial charge in [-0.05, 0) is 18.6 Å². The maximum Gasteiger partial charge on any atom is 0.219 e. The first kappa shape index (κ1) is 13.8. The van der Waals surface area contributed by atoms with Gasteiger partial charge in [0.05, 0.1) is 17.6 Å². The van der Waals surface area contributed by atoms with E-state index in [0.29, 0.717) is 0 Å². The lowest BCUT2D eigenvalue weighted by Crippen LogP contribution is -2.48. The third-order valence-corrected chi connectivity index (χ3v) is 3.68. The predicted octanol–water partition coefficient (Wildman–Crippen LogP) is 1.16. The van der Waals surface area contributed by atoms with Crippen LogP contribution in [0.15, 0.2) is 18.3 Å². The van der Waals surface area contributed by atoms with Gasteiger partial charge in [0, 0.05) is 39.1 Å². The first-order valence-corrected chi connectivity index (χ1v) is 6.83. The van der Waals surface area contributed by atoms with Gasteiger partial charge >= 0.3 is 0 Å². The van der Waals surface area contributed by atoms with Crippen LogP contribution < -0.4 is 10.6 Å². The number of anilines is 1. The number of hydrogen-bond acceptors (Lipinski definition) is 4. The zero-order chi connectivity index (χ0) is 13.8. The maximum atomic E-state index is 11.3. The van der Waals surface area contributed by atoms with Gasteiger partial charge in [-0.25, -0.2) is 0 Å². The Morgan fingerprint density at radius 3 is 2.53 bits per heavy atom. The molecule has 0 aliphatic carbocycles. The summed E-state index contributed by atoms with van der Waals surface area (Å²) >= 11 is 0. The molecule has 0 spiro atoms. The Kier molecular flexibility index (Phi) is 4.37. The van der Waals surface area contributed by atoms with Crippen LogP contribution in [0.3, 0.4) is 0 Å². The fraction of sp³-hybridized carbons (Fsp3) is 0.571. The van der Waals surface area contributed by atoms with Crippen LogP contribution >= 0.6 is 0 Å². The van der Waals surface area contributed by atoms with Gasteiger partial charge in [-0.2, -0.15) is 0 Å². The standard InChI is InChI=1S/C14H22N4O/c1-3-13(15)14-5-4-12(10-16-14)18-8-6-17(7-9-18)11(2)19/h4-5,10,13H,3,6-9,15H2,1-2H3/t13-/m0/s1. The topological polar surface area (TPSA) is 62.5 Å². The smallest absolute Gasteiger partial charge is 0.219 e. The Morgan fingerprint density at radius 2 is 2.05 bits per heavy atom. The number of piperazine rings is 1. The van der Waals surface area contributed by atoms with Crippen molar-refractivity contribution in [2.24, 2.45) is 5.73 Å². The molecule has 0 saturated carbocycles. The largest absolute Gasteiger partial charge is 0.367 e. The van der Waals surface area contributed by atoms with Gasteiger partial charge < -0.3 is 15.5 Å². The molecule has 19 heavy (non-hydrogen) atoms. The summed E-state index contributed by atoms with van der Waals surface area (Å²) in [6.07, 6.45) is 2.78. The van der Waals surface area contributed by atoms with Crippen molar-refractivity contribution in [1.29, 1.82) is 0 Å². The minimum absolute atomic E-state index is 0.0172. The molecule has 2 N–H and O–H groups in total. The molecule has 2 rings (SSSR count). The molecule has 0 unspecified atom stereocenters. The third kappa shape index (κ3) is 3.23. The molecule has 1 atom stereocenters. The fourth-order valence-electron chi connectivity index (χ4n) is 2.29. The highest BCUT2D eigenvalue weighted by Gasteiger charge is 2.19. The van der Waals surface area contributed by atoms with Crippen LogP contribution in [0.25, 0.3) is 0 Å². The van der Waals surface area contributed by atoms with Crippen molar-refractivity contribution >= 4 is 11.6 Å². The second-order valence-corrected chi connectivity index (χ2v) is 4.95. The molecule has 1 aliphatic rings. The number of aromatic nitrogens is 1. The molecule has 0 bridgehead atoms. The van der Waals surface area contributed by atoms with E-state index in [1.807, 2.05) is 17.2 Å². The first-order chi connectivity index (χ1) is 9.11. The minimum Gasteiger partial charge on any atom is -0.367 e. The summed E-state index contributed by atoms with van der Waals surface area (Å²) in [4.78, 5) is 19.8. The van der Waals surface area contributed by atoms with E-state index in [1.165, 1.54) is 0 Å². The van der Waals surface area contributed by atoms with Crippen molar-refractivity contribution in [3.63, 3.8) is 0 Å². The Bertz CT molecular complexity index is 424. The summed E-state index contributed by atoms with van der Waals surface area (Å²) < 4.78 is 0. The number of carbonyl (C=O) groups excluding carboxylic acids is 1. The monoisotopic (exact) mass is 262 g/mol. The van der Waals surface area contributed by atoms with Crippen molar-refractivity contribution < 1.29 is 4.79 Å². The Hall–Kier alpha value is -1.62. The second kappa shape index (κ2) is 6.02. The third-order valence-electron chi connectivity index (χ3n) is 3.68. The maximum absolute atomic E-state index is 11.3. The summed E-state index contributed by atoms with van der Waals surface area (Å²) in [6.45, 7) is 6.97. The number of pyridine rings is 1. The quantitative estimate of drug-likeness (QED) is 0.888. The molecule has 0 radical (unpaired) electrons. The number of hydrogen-bond donors (Lipinski definition) is 1. The molecule has 2 heterocycles. The number of amides is 1. The number of nitrogens with zero attached hydrogens (tertiary/aromatic N) is 3.